The van der Waals surface area contributed by atoms with Crippen molar-refractivity contribution in [1.29, 1.82) is 0 Å². The third-order valence-corrected chi connectivity index (χ3v) is 3.76. The molecule has 3 nitrogen and oxygen atoms in total. The highest BCUT2D eigenvalue weighted by Crippen LogP contribution is 2.19. The van der Waals surface area contributed by atoms with Crippen LogP contribution in [0.3, 0.4) is 0 Å². The molecule has 0 radical (unpaired) electrons. The molecule has 1 aromatic heterocycles. The lowest BCUT2D eigenvalue weighted by atomic mass is 10.0. The highest BCUT2D eigenvalue weighted by atomic mass is 16.1. The summed E-state index contributed by atoms with van der Waals surface area (Å²) in [5.74, 6) is -0.0719. The molecule has 1 heterocycles. The maximum absolute atomic E-state index is 12.4. The minimum Gasteiger partial charge on any atom is -0.307 e. The zero-order valence-electron chi connectivity index (χ0n) is 12.9. The van der Waals surface area contributed by atoms with Crippen molar-refractivity contribution < 1.29 is 4.79 Å². The summed E-state index contributed by atoms with van der Waals surface area (Å²) >= 11 is 0. The van der Waals surface area contributed by atoms with Crippen LogP contribution in [0.15, 0.2) is 77.7 Å². The second kappa shape index (κ2) is 6.44. The number of carbonyl (C=O) groups excluding carboxylic acids is 1. The number of pyridine rings is 1. The van der Waals surface area contributed by atoms with Crippen molar-refractivity contribution in [2.24, 2.45) is 0 Å². The van der Waals surface area contributed by atoms with Gasteiger partial charge in [-0.3, -0.25) is 9.59 Å². The van der Waals surface area contributed by atoms with E-state index in [2.05, 4.69) is 0 Å². The molecule has 0 aliphatic rings. The Balaban J connectivity index is 1.81. The van der Waals surface area contributed by atoms with Crippen molar-refractivity contribution >= 4 is 5.78 Å². The van der Waals surface area contributed by atoms with Gasteiger partial charge in [-0.1, -0.05) is 60.7 Å². The number of ketones is 1. The first-order valence-corrected chi connectivity index (χ1v) is 7.49. The highest BCUT2D eigenvalue weighted by molar-refractivity contribution is 5.96. The van der Waals surface area contributed by atoms with E-state index in [0.29, 0.717) is 5.56 Å². The van der Waals surface area contributed by atoms with E-state index in [1.54, 1.807) is 12.3 Å². The molecule has 0 fully saturated rings. The smallest absolute Gasteiger partial charge is 0.250 e. The molecule has 0 bridgehead atoms. The monoisotopic (exact) mass is 303 g/mol. The molecule has 3 heteroatoms. The number of aromatic nitrogens is 1. The third kappa shape index (κ3) is 3.46. The van der Waals surface area contributed by atoms with Gasteiger partial charge in [-0.2, -0.15) is 0 Å². The van der Waals surface area contributed by atoms with Gasteiger partial charge in [0.05, 0.1) is 6.54 Å². The first-order valence-electron chi connectivity index (χ1n) is 7.49. The van der Waals surface area contributed by atoms with Crippen molar-refractivity contribution in [2.45, 2.75) is 13.5 Å². The number of hydrogen-bond acceptors (Lipinski definition) is 2. The summed E-state index contributed by atoms with van der Waals surface area (Å²) < 4.78 is 1.45. The summed E-state index contributed by atoms with van der Waals surface area (Å²) in [6.07, 6.45) is 1.71. The van der Waals surface area contributed by atoms with Gasteiger partial charge in [0.2, 0.25) is 0 Å². The maximum atomic E-state index is 12.4. The summed E-state index contributed by atoms with van der Waals surface area (Å²) in [6, 6.07) is 20.7. The average Bonchev–Trinajstić information content (AvgIpc) is 2.59. The van der Waals surface area contributed by atoms with Gasteiger partial charge in [0.15, 0.2) is 5.78 Å². The van der Waals surface area contributed by atoms with Gasteiger partial charge in [-0.15, -0.1) is 0 Å². The molecule has 0 aliphatic heterocycles. The second-order valence-electron chi connectivity index (χ2n) is 5.54. The maximum Gasteiger partial charge on any atom is 0.250 e. The van der Waals surface area contributed by atoms with E-state index in [-0.39, 0.29) is 17.9 Å². The molecule has 0 N–H and O–H groups in total. The lowest BCUT2D eigenvalue weighted by molar-refractivity contribution is 0.0971. The molecule has 0 spiro atoms. The number of nitrogens with zero attached hydrogens (tertiary/aromatic N) is 1. The number of rotatable bonds is 4. The number of Topliss-reactive ketones (excluding diaryl/α,β-unsaturated/α-hetero) is 1. The van der Waals surface area contributed by atoms with Crippen LogP contribution in [0.25, 0.3) is 11.1 Å². The standard InChI is InChI=1S/C20H17NO2/c1-15-7-12-20(23)21(13-15)14-19(22)18-10-8-17(9-11-18)16-5-3-2-4-6-16/h2-13H,14H2,1H3. The van der Waals surface area contributed by atoms with Gasteiger partial charge in [0.1, 0.15) is 0 Å². The van der Waals surface area contributed by atoms with Crippen molar-refractivity contribution in [3.8, 4) is 11.1 Å². The molecule has 0 saturated heterocycles. The summed E-state index contributed by atoms with van der Waals surface area (Å²) in [6.45, 7) is 1.96. The summed E-state index contributed by atoms with van der Waals surface area (Å²) in [5, 5.41) is 0. The SMILES string of the molecule is Cc1ccc(=O)n(CC(=O)c2ccc(-c3ccccc3)cc2)c1. The Hall–Kier alpha value is -2.94. The average molecular weight is 303 g/mol. The van der Waals surface area contributed by atoms with Crippen LogP contribution in [0.4, 0.5) is 0 Å². The van der Waals surface area contributed by atoms with E-state index < -0.39 is 0 Å². The van der Waals surface area contributed by atoms with Gasteiger partial charge >= 0.3 is 0 Å². The van der Waals surface area contributed by atoms with E-state index in [0.717, 1.165) is 16.7 Å². The Labute approximate surface area is 134 Å². The zero-order chi connectivity index (χ0) is 16.2. The van der Waals surface area contributed by atoms with Crippen LogP contribution in [0.1, 0.15) is 15.9 Å². The summed E-state index contributed by atoms with van der Waals surface area (Å²) in [4.78, 5) is 24.2. The van der Waals surface area contributed by atoms with Gasteiger partial charge in [0, 0.05) is 17.8 Å². The van der Waals surface area contributed by atoms with Crippen LogP contribution in [-0.2, 0) is 6.54 Å². The molecule has 0 saturated carbocycles. The molecular formula is C20H17NO2. The van der Waals surface area contributed by atoms with Crippen LogP contribution in [-0.4, -0.2) is 10.4 Å². The van der Waals surface area contributed by atoms with E-state index >= 15 is 0 Å². The Kier molecular flexibility index (Phi) is 4.20. The molecule has 23 heavy (non-hydrogen) atoms. The van der Waals surface area contributed by atoms with Crippen LogP contribution in [0.2, 0.25) is 0 Å². The predicted octanol–water partition coefficient (Wildman–Crippen LogP) is 3.71. The van der Waals surface area contributed by atoms with E-state index in [1.165, 1.54) is 10.6 Å². The Morgan fingerprint density at radius 2 is 1.52 bits per heavy atom. The third-order valence-electron chi connectivity index (χ3n) is 3.76. The number of aryl methyl sites for hydroxylation is 1. The van der Waals surface area contributed by atoms with Gasteiger partial charge in [0.25, 0.3) is 5.56 Å². The Bertz CT molecular complexity index is 878. The first-order chi connectivity index (χ1) is 11.1. The van der Waals surface area contributed by atoms with Crippen molar-refractivity contribution in [2.75, 3.05) is 0 Å². The van der Waals surface area contributed by atoms with E-state index in [4.69, 9.17) is 0 Å². The van der Waals surface area contributed by atoms with Crippen molar-refractivity contribution in [3.63, 3.8) is 0 Å². The van der Waals surface area contributed by atoms with Crippen molar-refractivity contribution in [3.05, 3.63) is 94.4 Å². The topological polar surface area (TPSA) is 39.1 Å². The van der Waals surface area contributed by atoms with Crippen LogP contribution < -0.4 is 5.56 Å². The lowest BCUT2D eigenvalue weighted by Crippen LogP contribution is -2.23. The molecule has 0 aliphatic carbocycles. The minimum atomic E-state index is -0.162. The second-order valence-corrected chi connectivity index (χ2v) is 5.54. The molecule has 0 amide bonds. The fraction of sp³-hybridized carbons (Fsp3) is 0.100. The fourth-order valence-corrected chi connectivity index (χ4v) is 2.50. The van der Waals surface area contributed by atoms with Gasteiger partial charge < -0.3 is 4.57 Å². The van der Waals surface area contributed by atoms with Crippen LogP contribution in [0, 0.1) is 6.92 Å². The lowest BCUT2D eigenvalue weighted by Gasteiger charge is -2.07. The van der Waals surface area contributed by atoms with Crippen molar-refractivity contribution in [1.82, 2.24) is 4.57 Å². The zero-order valence-corrected chi connectivity index (χ0v) is 12.9. The van der Waals surface area contributed by atoms with Gasteiger partial charge in [-0.05, 0) is 23.6 Å². The Morgan fingerprint density at radius 3 is 2.22 bits per heavy atom. The van der Waals surface area contributed by atoms with Crippen LogP contribution in [0.5, 0.6) is 0 Å². The van der Waals surface area contributed by atoms with E-state index in [9.17, 15) is 9.59 Å². The largest absolute Gasteiger partial charge is 0.307 e. The molecule has 0 atom stereocenters. The highest BCUT2D eigenvalue weighted by Gasteiger charge is 2.08. The molecule has 114 valence electrons. The first kappa shape index (κ1) is 15.0. The molecule has 3 aromatic rings. The molecule has 0 unspecified atom stereocenters. The Morgan fingerprint density at radius 1 is 0.870 bits per heavy atom. The molecule has 3 rings (SSSR count). The fourth-order valence-electron chi connectivity index (χ4n) is 2.50. The normalized spacial score (nSPS) is 10.5. The minimum absolute atomic E-state index is 0.0607. The predicted molar refractivity (Wildman–Crippen MR) is 91.6 cm³/mol. The molecule has 2 aromatic carbocycles. The van der Waals surface area contributed by atoms with Gasteiger partial charge in [-0.25, -0.2) is 0 Å². The summed E-state index contributed by atoms with van der Waals surface area (Å²) in [7, 11) is 0. The quantitative estimate of drug-likeness (QED) is 0.689. The number of hydrogen-bond donors (Lipinski definition) is 0. The number of benzene rings is 2. The molecular weight excluding hydrogens is 286 g/mol. The summed E-state index contributed by atoms with van der Waals surface area (Å²) in [5.41, 5.74) is 3.58. The number of carbonyl (C=O) groups is 1. The van der Waals surface area contributed by atoms with E-state index in [1.807, 2.05) is 61.5 Å². The van der Waals surface area contributed by atoms with Crippen LogP contribution >= 0.6 is 0 Å².